The van der Waals surface area contributed by atoms with E-state index in [0.29, 0.717) is 0 Å². The van der Waals surface area contributed by atoms with Crippen LogP contribution in [0, 0.1) is 11.3 Å². The Hall–Kier alpha value is -1.39. The monoisotopic (exact) mass is 202 g/mol. The van der Waals surface area contributed by atoms with Gasteiger partial charge in [0.25, 0.3) is 11.3 Å². The molecule has 0 fully saturated rings. The molecule has 13 heavy (non-hydrogen) atoms. The van der Waals surface area contributed by atoms with E-state index in [1.54, 1.807) is 0 Å². The Bertz CT molecular complexity index is 270. The summed E-state index contributed by atoms with van der Waals surface area (Å²) in [5.74, 6) is 0.176. The van der Waals surface area contributed by atoms with Crippen LogP contribution in [0.15, 0.2) is 17.5 Å². The smallest absolute Gasteiger partial charge is 0.260 e. The molecule has 0 aliphatic heterocycles. The van der Waals surface area contributed by atoms with Crippen LogP contribution >= 0.6 is 0 Å². The predicted molar refractivity (Wildman–Crippen MR) is 49.5 cm³/mol. The van der Waals surface area contributed by atoms with Crippen LogP contribution in [-0.2, 0) is 11.3 Å². The van der Waals surface area contributed by atoms with Gasteiger partial charge in [0.15, 0.2) is 0 Å². The first-order valence-corrected chi connectivity index (χ1v) is 4.38. The summed E-state index contributed by atoms with van der Waals surface area (Å²) in [5, 5.41) is 13.2. The summed E-state index contributed by atoms with van der Waals surface area (Å²) >= 11 is -2.15. The van der Waals surface area contributed by atoms with Crippen LogP contribution < -0.4 is 4.72 Å². The summed E-state index contributed by atoms with van der Waals surface area (Å²) < 4.78 is 20.8. The lowest BCUT2D eigenvalue weighted by atomic mass is 10.5. The highest BCUT2D eigenvalue weighted by atomic mass is 32.2. The zero-order valence-corrected chi connectivity index (χ0v) is 7.91. The van der Waals surface area contributed by atoms with Gasteiger partial charge in [-0.2, -0.15) is 10.4 Å². The second-order valence-corrected chi connectivity index (χ2v) is 2.68. The number of nitriles is 1. The Morgan fingerprint density at radius 3 is 3.08 bits per heavy atom. The Morgan fingerprint density at radius 1 is 2.00 bits per heavy atom. The molecule has 0 spiro atoms. The van der Waals surface area contributed by atoms with Crippen molar-refractivity contribution in [3.8, 4) is 6.07 Å². The van der Waals surface area contributed by atoms with Gasteiger partial charge in [-0.1, -0.05) is 6.58 Å². The lowest BCUT2D eigenvalue weighted by molar-refractivity contribution is 0.427. The van der Waals surface area contributed by atoms with Crippen molar-refractivity contribution in [3.05, 3.63) is 12.4 Å². The zero-order chi connectivity index (χ0) is 10.3. The van der Waals surface area contributed by atoms with Gasteiger partial charge < -0.3 is 0 Å². The molecule has 1 atom stereocenters. The molecule has 0 rings (SSSR count). The van der Waals surface area contributed by atoms with Crippen molar-refractivity contribution < 1.29 is 8.76 Å². The van der Waals surface area contributed by atoms with Crippen molar-refractivity contribution in [3.63, 3.8) is 0 Å². The molecule has 0 radical (unpaired) electrons. The fourth-order valence-corrected chi connectivity index (χ4v) is 0.774. The average molecular weight is 202 g/mol. The van der Waals surface area contributed by atoms with Crippen molar-refractivity contribution >= 4 is 17.5 Å². The molecule has 0 saturated heterocycles. The Labute approximate surface area is 79.0 Å². The summed E-state index contributed by atoms with van der Waals surface area (Å²) in [4.78, 5) is 0. The van der Waals surface area contributed by atoms with Crippen LogP contribution in [0.3, 0.4) is 0 Å². The van der Waals surface area contributed by atoms with Crippen molar-refractivity contribution in [2.45, 2.75) is 6.42 Å². The van der Waals surface area contributed by atoms with Crippen LogP contribution in [0.2, 0.25) is 0 Å². The quantitative estimate of drug-likeness (QED) is 0.373. The minimum Gasteiger partial charge on any atom is -0.289 e. The van der Waals surface area contributed by atoms with Crippen molar-refractivity contribution in [2.24, 2.45) is 5.10 Å². The molecule has 0 aromatic heterocycles. The van der Waals surface area contributed by atoms with Gasteiger partial charge in [0, 0.05) is 13.3 Å². The summed E-state index contributed by atoms with van der Waals surface area (Å²) in [6.45, 7) is 3.44. The molecule has 0 aliphatic carbocycles. The van der Waals surface area contributed by atoms with Crippen molar-refractivity contribution in [1.29, 1.82) is 5.26 Å². The van der Waals surface area contributed by atoms with Gasteiger partial charge in [0.1, 0.15) is 5.82 Å². The lowest BCUT2D eigenvalue weighted by Crippen LogP contribution is -2.25. The van der Waals surface area contributed by atoms with Crippen LogP contribution in [0.1, 0.15) is 6.42 Å². The van der Waals surface area contributed by atoms with Crippen LogP contribution in [-0.4, -0.2) is 27.0 Å². The molecule has 0 heterocycles. The highest BCUT2D eigenvalue weighted by molar-refractivity contribution is 7.77. The fraction of sp³-hybridized carbons (Fsp3) is 0.333. The maximum atomic E-state index is 10.3. The van der Waals surface area contributed by atoms with E-state index >= 15 is 0 Å². The highest BCUT2D eigenvalue weighted by Crippen LogP contribution is 1.93. The molecule has 0 aromatic carbocycles. The molecular weight excluding hydrogens is 192 g/mol. The van der Waals surface area contributed by atoms with E-state index in [4.69, 9.17) is 9.81 Å². The Morgan fingerprint density at radius 2 is 2.62 bits per heavy atom. The molecule has 7 heteroatoms. The lowest BCUT2D eigenvalue weighted by Gasteiger charge is -2.14. The number of nitrogens with one attached hydrogen (secondary N) is 1. The van der Waals surface area contributed by atoms with E-state index in [2.05, 4.69) is 16.4 Å². The van der Waals surface area contributed by atoms with Gasteiger partial charge in [-0.25, -0.2) is 4.21 Å². The first-order chi connectivity index (χ1) is 6.07. The molecule has 1 unspecified atom stereocenters. The van der Waals surface area contributed by atoms with Crippen LogP contribution in [0.5, 0.6) is 0 Å². The molecule has 0 aliphatic rings. The molecule has 0 saturated carbocycles. The third-order valence-corrected chi connectivity index (χ3v) is 1.44. The number of hydrazone groups is 1. The molecule has 2 N–H and O–H groups in total. The number of hydrogen-bond acceptors (Lipinski definition) is 4. The SMILES string of the molecule is C=C(NS(=O)O)N(C)/N=C/CC#N. The topological polar surface area (TPSA) is 88.7 Å². The van der Waals surface area contributed by atoms with Crippen molar-refractivity contribution in [2.75, 3.05) is 7.05 Å². The minimum absolute atomic E-state index is 0.176. The first-order valence-electron chi connectivity index (χ1n) is 3.27. The summed E-state index contributed by atoms with van der Waals surface area (Å²) in [7, 11) is 1.54. The molecule has 72 valence electrons. The number of rotatable bonds is 5. The number of hydrogen-bond donors (Lipinski definition) is 2. The van der Waals surface area contributed by atoms with E-state index in [0.717, 1.165) is 0 Å². The maximum absolute atomic E-state index is 10.3. The number of nitrogens with zero attached hydrogens (tertiary/aromatic N) is 3. The normalized spacial score (nSPS) is 12.1. The van der Waals surface area contributed by atoms with E-state index in [1.807, 2.05) is 6.07 Å². The van der Waals surface area contributed by atoms with E-state index in [9.17, 15) is 4.21 Å². The fourth-order valence-electron chi connectivity index (χ4n) is 0.441. The third-order valence-electron chi connectivity index (χ3n) is 1.03. The molecule has 0 aromatic rings. The summed E-state index contributed by atoms with van der Waals surface area (Å²) in [6.07, 6.45) is 1.55. The summed E-state index contributed by atoms with van der Waals surface area (Å²) in [6, 6.07) is 1.87. The van der Waals surface area contributed by atoms with Crippen LogP contribution in [0.4, 0.5) is 0 Å². The second kappa shape index (κ2) is 6.16. The largest absolute Gasteiger partial charge is 0.289 e. The minimum atomic E-state index is -2.15. The molecule has 6 nitrogen and oxygen atoms in total. The Balaban J connectivity index is 3.97. The van der Waals surface area contributed by atoms with Gasteiger partial charge in [-0.05, 0) is 0 Å². The first kappa shape index (κ1) is 11.6. The van der Waals surface area contributed by atoms with Crippen LogP contribution in [0.25, 0.3) is 0 Å². The molecule has 0 bridgehead atoms. The predicted octanol–water partition coefficient (Wildman–Crippen LogP) is 0.0152. The highest BCUT2D eigenvalue weighted by Gasteiger charge is 2.00. The average Bonchev–Trinajstić information content (AvgIpc) is 2.03. The van der Waals surface area contributed by atoms with E-state index in [-0.39, 0.29) is 12.2 Å². The van der Waals surface area contributed by atoms with Gasteiger partial charge in [-0.3, -0.25) is 14.3 Å². The van der Waals surface area contributed by atoms with E-state index < -0.39 is 11.3 Å². The van der Waals surface area contributed by atoms with Crippen molar-refractivity contribution in [1.82, 2.24) is 9.73 Å². The summed E-state index contributed by atoms with van der Waals surface area (Å²) in [5.41, 5.74) is 0. The molecular formula is C6H10N4O2S. The Kier molecular flexibility index (Phi) is 5.50. The third kappa shape index (κ3) is 5.84. The van der Waals surface area contributed by atoms with Gasteiger partial charge in [-0.15, -0.1) is 0 Å². The van der Waals surface area contributed by atoms with Gasteiger partial charge >= 0.3 is 0 Å². The van der Waals surface area contributed by atoms with Gasteiger partial charge in [0.05, 0.1) is 12.5 Å². The maximum Gasteiger partial charge on any atom is 0.260 e. The zero-order valence-electron chi connectivity index (χ0n) is 7.10. The van der Waals surface area contributed by atoms with Gasteiger partial charge in [0.2, 0.25) is 0 Å². The molecule has 0 amide bonds. The van der Waals surface area contributed by atoms with E-state index in [1.165, 1.54) is 18.3 Å². The standard InChI is InChI=1S/C6H10N4O2S/c1-6(9-13(11)12)10(2)8-5-3-4-7/h5,9H,1,3H2,2H3,(H,11,12)/b8-5+. The second-order valence-electron chi connectivity index (χ2n) is 1.98.